The van der Waals surface area contributed by atoms with Crippen molar-refractivity contribution in [2.75, 3.05) is 17.0 Å². The number of nitrogens with one attached hydrogen (secondary N) is 2. The molecule has 3 amide bonds. The Kier molecular flexibility index (Phi) is 4.48. The molecule has 0 saturated carbocycles. The molecular formula is C23H19N3O5. The summed E-state index contributed by atoms with van der Waals surface area (Å²) in [6.07, 6.45) is 0. The van der Waals surface area contributed by atoms with Gasteiger partial charge in [0.2, 0.25) is 6.79 Å². The van der Waals surface area contributed by atoms with E-state index < -0.39 is 17.7 Å². The number of aliphatic hydroxyl groups is 1. The lowest BCUT2D eigenvalue weighted by molar-refractivity contribution is -0.140. The molecule has 31 heavy (non-hydrogen) atoms. The SMILES string of the molecule is O=C1Nc2ccccc2[C@](O)(C(=O)NCc2ccc3c(c2)OCO3)N1c1ccccc1. The lowest BCUT2D eigenvalue weighted by atomic mass is 9.94. The summed E-state index contributed by atoms with van der Waals surface area (Å²) in [7, 11) is 0. The van der Waals surface area contributed by atoms with Gasteiger partial charge in [0.25, 0.3) is 11.6 Å². The number of hydrogen-bond donors (Lipinski definition) is 3. The zero-order valence-electron chi connectivity index (χ0n) is 16.4. The smallest absolute Gasteiger partial charge is 0.329 e. The lowest BCUT2D eigenvalue weighted by Crippen LogP contribution is -2.62. The summed E-state index contributed by atoms with van der Waals surface area (Å²) in [5.74, 6) is 0.511. The minimum Gasteiger partial charge on any atom is -0.454 e. The second-order valence-electron chi connectivity index (χ2n) is 7.19. The quantitative estimate of drug-likeness (QED) is 0.606. The van der Waals surface area contributed by atoms with Crippen LogP contribution in [-0.4, -0.2) is 23.8 Å². The Labute approximate surface area is 178 Å². The van der Waals surface area contributed by atoms with Crippen LogP contribution in [0, 0.1) is 0 Å². The van der Waals surface area contributed by atoms with Crippen LogP contribution in [0.3, 0.4) is 0 Å². The topological polar surface area (TPSA) is 100 Å². The minimum absolute atomic E-state index is 0.129. The molecule has 0 aliphatic carbocycles. The highest BCUT2D eigenvalue weighted by Crippen LogP contribution is 2.39. The summed E-state index contributed by atoms with van der Waals surface area (Å²) in [5, 5.41) is 17.2. The number of rotatable bonds is 4. The minimum atomic E-state index is -2.24. The summed E-state index contributed by atoms with van der Waals surface area (Å²) in [4.78, 5) is 27.4. The molecular weight excluding hydrogens is 398 g/mol. The van der Waals surface area contributed by atoms with Gasteiger partial charge in [0.15, 0.2) is 11.5 Å². The van der Waals surface area contributed by atoms with Crippen molar-refractivity contribution < 1.29 is 24.2 Å². The fourth-order valence-corrected chi connectivity index (χ4v) is 3.80. The molecule has 3 aromatic rings. The molecule has 0 radical (unpaired) electrons. The molecule has 1 atom stereocenters. The summed E-state index contributed by atoms with van der Waals surface area (Å²) in [6, 6.07) is 20.0. The Bertz CT molecular complexity index is 1170. The van der Waals surface area contributed by atoms with Gasteiger partial charge in [0, 0.05) is 17.8 Å². The maximum atomic E-state index is 13.4. The van der Waals surface area contributed by atoms with Crippen molar-refractivity contribution in [2.45, 2.75) is 12.3 Å². The molecule has 8 heteroatoms. The zero-order chi connectivity index (χ0) is 21.4. The standard InChI is InChI=1S/C23H19N3O5/c27-21(24-13-15-10-11-19-20(12-15)31-14-30-19)23(29)17-8-4-5-9-18(17)25-22(28)26(23)16-6-2-1-3-7-16/h1-12,29H,13-14H2,(H,24,27)(H,25,28)/t23-/m0/s1. The number of anilines is 2. The molecule has 5 rings (SSSR count). The number of nitrogens with zero attached hydrogens (tertiary/aromatic N) is 1. The van der Waals surface area contributed by atoms with Gasteiger partial charge < -0.3 is 25.2 Å². The molecule has 0 unspecified atom stereocenters. The molecule has 0 bridgehead atoms. The van der Waals surface area contributed by atoms with E-state index in [4.69, 9.17) is 9.47 Å². The summed E-state index contributed by atoms with van der Waals surface area (Å²) >= 11 is 0. The predicted molar refractivity (Wildman–Crippen MR) is 113 cm³/mol. The first kappa shape index (κ1) is 19.0. The Morgan fingerprint density at radius 3 is 2.61 bits per heavy atom. The normalized spacial score (nSPS) is 18.9. The van der Waals surface area contributed by atoms with Crippen LogP contribution < -0.4 is 25.0 Å². The third-order valence-electron chi connectivity index (χ3n) is 5.29. The number of hydrogen-bond acceptors (Lipinski definition) is 5. The van der Waals surface area contributed by atoms with Crippen LogP contribution in [0.25, 0.3) is 0 Å². The summed E-state index contributed by atoms with van der Waals surface area (Å²) < 4.78 is 10.7. The molecule has 0 aromatic heterocycles. The van der Waals surface area contributed by atoms with E-state index in [1.54, 1.807) is 72.8 Å². The van der Waals surface area contributed by atoms with Gasteiger partial charge >= 0.3 is 6.03 Å². The molecule has 3 aromatic carbocycles. The largest absolute Gasteiger partial charge is 0.454 e. The maximum Gasteiger partial charge on any atom is 0.329 e. The second kappa shape index (κ2) is 7.33. The van der Waals surface area contributed by atoms with Crippen molar-refractivity contribution in [3.8, 4) is 11.5 Å². The molecule has 0 fully saturated rings. The lowest BCUT2D eigenvalue weighted by Gasteiger charge is -2.42. The first-order valence-electron chi connectivity index (χ1n) is 9.72. The van der Waals surface area contributed by atoms with Crippen LogP contribution in [-0.2, 0) is 17.1 Å². The van der Waals surface area contributed by atoms with Gasteiger partial charge in [-0.1, -0.05) is 42.5 Å². The highest BCUT2D eigenvalue weighted by Gasteiger charge is 2.51. The second-order valence-corrected chi connectivity index (χ2v) is 7.19. The molecule has 3 N–H and O–H groups in total. The van der Waals surface area contributed by atoms with Gasteiger partial charge in [0.1, 0.15) is 0 Å². The average Bonchev–Trinajstić information content (AvgIpc) is 3.26. The van der Waals surface area contributed by atoms with E-state index in [0.717, 1.165) is 10.5 Å². The number of ether oxygens (including phenoxy) is 2. The molecule has 0 spiro atoms. The van der Waals surface area contributed by atoms with Crippen molar-refractivity contribution in [2.24, 2.45) is 0 Å². The fourth-order valence-electron chi connectivity index (χ4n) is 3.80. The average molecular weight is 417 g/mol. The van der Waals surface area contributed by atoms with Crippen molar-refractivity contribution in [1.29, 1.82) is 0 Å². The van der Waals surface area contributed by atoms with Crippen LogP contribution >= 0.6 is 0 Å². The molecule has 156 valence electrons. The van der Waals surface area contributed by atoms with Gasteiger partial charge in [-0.25, -0.2) is 4.79 Å². The Balaban J connectivity index is 1.50. The number of amides is 3. The Morgan fingerprint density at radius 2 is 1.77 bits per heavy atom. The van der Waals surface area contributed by atoms with E-state index in [2.05, 4.69) is 10.6 Å². The number of carbonyl (C=O) groups excluding carboxylic acids is 2. The van der Waals surface area contributed by atoms with Crippen LogP contribution in [0.2, 0.25) is 0 Å². The number of benzene rings is 3. The van der Waals surface area contributed by atoms with E-state index in [0.29, 0.717) is 22.9 Å². The van der Waals surface area contributed by atoms with E-state index in [1.165, 1.54) is 0 Å². The number of urea groups is 1. The number of para-hydroxylation sites is 2. The van der Waals surface area contributed by atoms with Gasteiger partial charge in [-0.3, -0.25) is 9.69 Å². The predicted octanol–water partition coefficient (Wildman–Crippen LogP) is 2.93. The van der Waals surface area contributed by atoms with Gasteiger partial charge in [-0.15, -0.1) is 0 Å². The van der Waals surface area contributed by atoms with Crippen LogP contribution in [0.5, 0.6) is 11.5 Å². The first-order valence-corrected chi connectivity index (χ1v) is 9.72. The maximum absolute atomic E-state index is 13.4. The number of fused-ring (bicyclic) bond motifs is 2. The van der Waals surface area contributed by atoms with Crippen LogP contribution in [0.15, 0.2) is 72.8 Å². The van der Waals surface area contributed by atoms with E-state index in [9.17, 15) is 14.7 Å². The third kappa shape index (κ3) is 3.13. The summed E-state index contributed by atoms with van der Waals surface area (Å²) in [5.41, 5.74) is -0.435. The Hall–Kier alpha value is -4.04. The molecule has 2 aliphatic rings. The van der Waals surface area contributed by atoms with E-state index >= 15 is 0 Å². The van der Waals surface area contributed by atoms with Gasteiger partial charge in [0.05, 0.1) is 5.69 Å². The van der Waals surface area contributed by atoms with Gasteiger partial charge in [-0.2, -0.15) is 0 Å². The number of carbonyl (C=O) groups is 2. The first-order chi connectivity index (χ1) is 15.1. The fraction of sp³-hybridized carbons (Fsp3) is 0.130. The summed E-state index contributed by atoms with van der Waals surface area (Å²) in [6.45, 7) is 0.285. The molecule has 2 heterocycles. The highest BCUT2D eigenvalue weighted by atomic mass is 16.7. The van der Waals surface area contributed by atoms with Crippen LogP contribution in [0.1, 0.15) is 11.1 Å². The molecule has 0 saturated heterocycles. The van der Waals surface area contributed by atoms with Crippen molar-refractivity contribution in [1.82, 2.24) is 5.32 Å². The van der Waals surface area contributed by atoms with E-state index in [1.807, 2.05) is 0 Å². The van der Waals surface area contributed by atoms with Crippen molar-refractivity contribution >= 4 is 23.3 Å². The van der Waals surface area contributed by atoms with Crippen LogP contribution in [0.4, 0.5) is 16.2 Å². The van der Waals surface area contributed by atoms with Gasteiger partial charge in [-0.05, 0) is 35.9 Å². The molecule has 8 nitrogen and oxygen atoms in total. The monoisotopic (exact) mass is 417 g/mol. The Morgan fingerprint density at radius 1 is 1.03 bits per heavy atom. The van der Waals surface area contributed by atoms with E-state index in [-0.39, 0.29) is 18.9 Å². The van der Waals surface area contributed by atoms with Crippen molar-refractivity contribution in [3.05, 3.63) is 83.9 Å². The third-order valence-corrected chi connectivity index (χ3v) is 5.29. The highest BCUT2D eigenvalue weighted by molar-refractivity contribution is 6.11. The molecule has 2 aliphatic heterocycles. The zero-order valence-corrected chi connectivity index (χ0v) is 16.4. The van der Waals surface area contributed by atoms with Crippen molar-refractivity contribution in [3.63, 3.8) is 0 Å².